The maximum Gasteiger partial charge on any atom is 0.255 e. The number of aromatic amines is 1. The molecule has 4 heterocycles. The average molecular weight is 409 g/mol. The van der Waals surface area contributed by atoms with E-state index < -0.39 is 0 Å². The van der Waals surface area contributed by atoms with Gasteiger partial charge in [-0.15, -0.1) is 11.3 Å². The van der Waals surface area contributed by atoms with Gasteiger partial charge in [-0.2, -0.15) is 0 Å². The van der Waals surface area contributed by atoms with Gasteiger partial charge in [0.1, 0.15) is 0 Å². The van der Waals surface area contributed by atoms with Crippen molar-refractivity contribution in [1.29, 1.82) is 0 Å². The van der Waals surface area contributed by atoms with Gasteiger partial charge in [0, 0.05) is 44.8 Å². The minimum absolute atomic E-state index is 0.00855. The van der Waals surface area contributed by atoms with Crippen molar-refractivity contribution in [1.82, 2.24) is 14.9 Å². The third kappa shape index (κ3) is 3.99. The fourth-order valence-electron chi connectivity index (χ4n) is 4.04. The standard InChI is InChI=1S/C22H24N4O2S/c27-22-18-15-25(8-7-19(18)23-21(24-22)20-2-1-13-29-20)14-16-3-5-17(6-4-16)26-9-11-28-12-10-26/h1-6,13H,7-12,14-15H2,(H,23,24,27). The first-order valence-electron chi connectivity index (χ1n) is 10.1. The molecule has 1 saturated heterocycles. The molecule has 29 heavy (non-hydrogen) atoms. The molecule has 0 atom stereocenters. The van der Waals surface area contributed by atoms with Gasteiger partial charge < -0.3 is 14.6 Å². The molecular formula is C22H24N4O2S. The third-order valence-corrected chi connectivity index (χ3v) is 6.50. The molecule has 0 spiro atoms. The number of thiophene rings is 1. The van der Waals surface area contributed by atoms with Crippen LogP contribution >= 0.6 is 11.3 Å². The molecule has 3 aromatic rings. The number of morpholine rings is 1. The van der Waals surface area contributed by atoms with Crippen molar-refractivity contribution in [2.75, 3.05) is 37.7 Å². The second kappa shape index (κ2) is 8.10. The topological polar surface area (TPSA) is 61.5 Å². The number of nitrogens with zero attached hydrogens (tertiary/aromatic N) is 3. The van der Waals surface area contributed by atoms with Crippen molar-refractivity contribution >= 4 is 17.0 Å². The highest BCUT2D eigenvalue weighted by Crippen LogP contribution is 2.23. The first kappa shape index (κ1) is 18.5. The molecule has 5 rings (SSSR count). The van der Waals surface area contributed by atoms with Gasteiger partial charge in [-0.3, -0.25) is 9.69 Å². The van der Waals surface area contributed by atoms with Gasteiger partial charge in [-0.05, 0) is 29.1 Å². The van der Waals surface area contributed by atoms with Crippen LogP contribution in [0.1, 0.15) is 16.8 Å². The lowest BCUT2D eigenvalue weighted by molar-refractivity contribution is 0.122. The smallest absolute Gasteiger partial charge is 0.255 e. The van der Waals surface area contributed by atoms with Gasteiger partial charge in [0.15, 0.2) is 5.82 Å². The van der Waals surface area contributed by atoms with E-state index in [0.29, 0.717) is 12.4 Å². The van der Waals surface area contributed by atoms with Crippen LogP contribution in [0.5, 0.6) is 0 Å². The van der Waals surface area contributed by atoms with E-state index in [0.717, 1.165) is 61.9 Å². The average Bonchev–Trinajstić information content (AvgIpc) is 3.30. The Morgan fingerprint density at radius 2 is 1.93 bits per heavy atom. The molecule has 7 heteroatoms. The molecule has 0 amide bonds. The van der Waals surface area contributed by atoms with Gasteiger partial charge in [0.2, 0.25) is 0 Å². The molecule has 0 saturated carbocycles. The zero-order valence-corrected chi connectivity index (χ0v) is 17.1. The van der Waals surface area contributed by atoms with Crippen LogP contribution in [-0.2, 0) is 24.2 Å². The van der Waals surface area contributed by atoms with Gasteiger partial charge >= 0.3 is 0 Å². The number of hydrogen-bond acceptors (Lipinski definition) is 6. The Bertz CT molecular complexity index is 1020. The third-order valence-electron chi connectivity index (χ3n) is 5.62. The van der Waals surface area contributed by atoms with Crippen LogP contribution in [0.3, 0.4) is 0 Å². The number of hydrogen-bond donors (Lipinski definition) is 1. The van der Waals surface area contributed by atoms with Crippen LogP contribution in [0, 0.1) is 0 Å². The van der Waals surface area contributed by atoms with Crippen LogP contribution < -0.4 is 10.5 Å². The molecule has 1 aromatic carbocycles. The molecule has 1 fully saturated rings. The highest BCUT2D eigenvalue weighted by Gasteiger charge is 2.22. The Morgan fingerprint density at radius 1 is 1.10 bits per heavy atom. The predicted octanol–water partition coefficient (Wildman–Crippen LogP) is 2.89. The van der Waals surface area contributed by atoms with Crippen molar-refractivity contribution in [3.63, 3.8) is 0 Å². The zero-order chi connectivity index (χ0) is 19.6. The van der Waals surface area contributed by atoms with Gasteiger partial charge in [-0.1, -0.05) is 18.2 Å². The predicted molar refractivity (Wildman–Crippen MR) is 115 cm³/mol. The highest BCUT2D eigenvalue weighted by molar-refractivity contribution is 7.13. The van der Waals surface area contributed by atoms with Crippen molar-refractivity contribution in [2.45, 2.75) is 19.5 Å². The lowest BCUT2D eigenvalue weighted by Gasteiger charge is -2.30. The number of nitrogens with one attached hydrogen (secondary N) is 1. The first-order chi connectivity index (χ1) is 14.3. The Labute approximate surface area is 173 Å². The van der Waals surface area contributed by atoms with Crippen LogP contribution in [0.4, 0.5) is 5.69 Å². The minimum atomic E-state index is -0.00855. The summed E-state index contributed by atoms with van der Waals surface area (Å²) >= 11 is 1.60. The summed E-state index contributed by atoms with van der Waals surface area (Å²) in [5.74, 6) is 0.691. The number of H-pyrrole nitrogens is 1. The SMILES string of the molecule is O=c1[nH]c(-c2cccs2)nc2c1CN(Cc1ccc(N3CCOCC3)cc1)CC2. The monoisotopic (exact) mass is 408 g/mol. The zero-order valence-electron chi connectivity index (χ0n) is 16.3. The minimum Gasteiger partial charge on any atom is -0.378 e. The summed E-state index contributed by atoms with van der Waals surface area (Å²) in [7, 11) is 0. The summed E-state index contributed by atoms with van der Waals surface area (Å²) in [5, 5.41) is 2.00. The Morgan fingerprint density at radius 3 is 2.69 bits per heavy atom. The van der Waals surface area contributed by atoms with E-state index in [4.69, 9.17) is 9.72 Å². The molecule has 2 aliphatic heterocycles. The van der Waals surface area contributed by atoms with Crippen LogP contribution in [0.15, 0.2) is 46.6 Å². The van der Waals surface area contributed by atoms with E-state index in [2.05, 4.69) is 39.0 Å². The van der Waals surface area contributed by atoms with Crippen LogP contribution in [0.2, 0.25) is 0 Å². The van der Waals surface area contributed by atoms with Gasteiger partial charge in [0.25, 0.3) is 5.56 Å². The van der Waals surface area contributed by atoms with Gasteiger partial charge in [-0.25, -0.2) is 4.98 Å². The summed E-state index contributed by atoms with van der Waals surface area (Å²) in [5.41, 5.74) is 4.26. The lowest BCUT2D eigenvalue weighted by Crippen LogP contribution is -2.36. The van der Waals surface area contributed by atoms with Crippen molar-refractivity contribution in [3.05, 3.63) is 69.0 Å². The number of anilines is 1. The summed E-state index contributed by atoms with van der Waals surface area (Å²) in [4.78, 5) is 26.1. The number of rotatable bonds is 4. The molecule has 6 nitrogen and oxygen atoms in total. The Kier molecular flexibility index (Phi) is 5.18. The molecule has 1 N–H and O–H groups in total. The molecule has 0 radical (unpaired) electrons. The molecular weight excluding hydrogens is 384 g/mol. The fraction of sp³-hybridized carbons (Fsp3) is 0.364. The van der Waals surface area contributed by atoms with E-state index in [1.165, 1.54) is 11.3 Å². The molecule has 0 bridgehead atoms. The summed E-state index contributed by atoms with van der Waals surface area (Å²) < 4.78 is 5.43. The number of aromatic nitrogens is 2. The first-order valence-corrected chi connectivity index (χ1v) is 10.9. The van der Waals surface area contributed by atoms with Crippen LogP contribution in [0.25, 0.3) is 10.7 Å². The highest BCUT2D eigenvalue weighted by atomic mass is 32.1. The molecule has 2 aliphatic rings. The second-order valence-electron chi connectivity index (χ2n) is 7.54. The van der Waals surface area contributed by atoms with Crippen molar-refractivity contribution < 1.29 is 4.74 Å². The summed E-state index contributed by atoms with van der Waals surface area (Å²) in [6.45, 7) is 5.90. The number of fused-ring (bicyclic) bond motifs is 1. The largest absolute Gasteiger partial charge is 0.378 e. The van der Waals surface area contributed by atoms with E-state index in [9.17, 15) is 4.79 Å². The summed E-state index contributed by atoms with van der Waals surface area (Å²) in [6, 6.07) is 12.8. The number of ether oxygens (including phenoxy) is 1. The van der Waals surface area contributed by atoms with Crippen molar-refractivity contribution in [3.8, 4) is 10.7 Å². The molecule has 0 unspecified atom stereocenters. The second-order valence-corrected chi connectivity index (χ2v) is 8.49. The number of benzene rings is 1. The lowest BCUT2D eigenvalue weighted by atomic mass is 10.1. The normalized spacial score (nSPS) is 17.3. The molecule has 2 aromatic heterocycles. The molecule has 150 valence electrons. The maximum absolute atomic E-state index is 12.7. The van der Waals surface area contributed by atoms with E-state index in [1.807, 2.05) is 17.5 Å². The van der Waals surface area contributed by atoms with Crippen molar-refractivity contribution in [2.24, 2.45) is 0 Å². The summed E-state index contributed by atoms with van der Waals surface area (Å²) in [6.07, 6.45) is 0.809. The Hall–Kier alpha value is -2.48. The van der Waals surface area contributed by atoms with E-state index in [-0.39, 0.29) is 5.56 Å². The Balaban J connectivity index is 1.28. The quantitative estimate of drug-likeness (QED) is 0.719. The van der Waals surface area contributed by atoms with Gasteiger partial charge in [0.05, 0.1) is 29.3 Å². The fourth-order valence-corrected chi connectivity index (χ4v) is 4.71. The van der Waals surface area contributed by atoms with E-state index in [1.54, 1.807) is 11.3 Å². The van der Waals surface area contributed by atoms with E-state index >= 15 is 0 Å². The maximum atomic E-state index is 12.7. The molecule has 0 aliphatic carbocycles. The van der Waals surface area contributed by atoms with Crippen LogP contribution in [-0.4, -0.2) is 47.7 Å².